The van der Waals surface area contributed by atoms with E-state index in [0.29, 0.717) is 35.2 Å². The third-order valence-corrected chi connectivity index (χ3v) is 5.60. The lowest BCUT2D eigenvalue weighted by atomic mass is 10.0. The average Bonchev–Trinajstić information content (AvgIpc) is 3.26. The molecule has 0 saturated carbocycles. The fraction of sp³-hybridized carbons (Fsp3) is 0.348. The number of carbonyl (C=O) groups excluding carboxylic acids is 2. The first-order chi connectivity index (χ1) is 15.8. The van der Waals surface area contributed by atoms with Gasteiger partial charge in [0.05, 0.1) is 23.5 Å². The van der Waals surface area contributed by atoms with Gasteiger partial charge in [-0.15, -0.1) is 0 Å². The maximum Gasteiger partial charge on any atom is 0.262 e. The number of nitrogens with zero attached hydrogens (tertiary/aromatic N) is 1. The van der Waals surface area contributed by atoms with Crippen LogP contribution in [0, 0.1) is 9.49 Å². The standard InChI is InChI=1S/C23H26IN3O6/c1-5-31-21-16(24)8-14(9-19(21)30-4)11-25-27-23(29)20(13(2)3)26-22(28)15-6-7-17-18(10-15)33-12-32-17/h6-11,13,20H,5,12H2,1-4H3,(H,26,28)(H,27,29)/b25-11+. The number of ether oxygens (including phenoxy) is 4. The highest BCUT2D eigenvalue weighted by Crippen LogP contribution is 2.34. The maximum atomic E-state index is 12.7. The van der Waals surface area contributed by atoms with Gasteiger partial charge in [-0.1, -0.05) is 13.8 Å². The fourth-order valence-corrected chi connectivity index (χ4v) is 3.92. The zero-order valence-electron chi connectivity index (χ0n) is 18.8. The van der Waals surface area contributed by atoms with Gasteiger partial charge in [0.25, 0.3) is 11.8 Å². The lowest BCUT2D eigenvalue weighted by molar-refractivity contribution is -0.123. The number of amides is 2. The first kappa shape index (κ1) is 24.6. The second kappa shape index (κ2) is 11.2. The molecule has 0 fully saturated rings. The molecule has 9 nitrogen and oxygen atoms in total. The number of hydrogen-bond acceptors (Lipinski definition) is 7. The van der Waals surface area contributed by atoms with E-state index in [4.69, 9.17) is 18.9 Å². The Kier molecular flexibility index (Phi) is 8.37. The van der Waals surface area contributed by atoms with E-state index in [1.54, 1.807) is 31.4 Å². The minimum atomic E-state index is -0.782. The van der Waals surface area contributed by atoms with Crippen molar-refractivity contribution >= 4 is 40.6 Å². The number of rotatable bonds is 9. The summed E-state index contributed by atoms with van der Waals surface area (Å²) in [7, 11) is 1.56. The summed E-state index contributed by atoms with van der Waals surface area (Å²) in [4.78, 5) is 25.4. The number of hydrogen-bond donors (Lipinski definition) is 2. The molecule has 2 amide bonds. The zero-order chi connectivity index (χ0) is 24.0. The lowest BCUT2D eigenvalue weighted by Gasteiger charge is -2.20. The molecule has 1 atom stereocenters. The summed E-state index contributed by atoms with van der Waals surface area (Å²) in [6, 6.07) is 7.73. The van der Waals surface area contributed by atoms with Crippen LogP contribution in [0.3, 0.4) is 0 Å². The molecule has 0 bridgehead atoms. The van der Waals surface area contributed by atoms with Crippen molar-refractivity contribution in [2.24, 2.45) is 11.0 Å². The van der Waals surface area contributed by atoms with E-state index in [2.05, 4.69) is 38.4 Å². The lowest BCUT2D eigenvalue weighted by Crippen LogP contribution is -2.48. The van der Waals surface area contributed by atoms with Crippen LogP contribution < -0.4 is 29.7 Å². The monoisotopic (exact) mass is 567 g/mol. The molecule has 0 aromatic heterocycles. The van der Waals surface area contributed by atoms with Crippen LogP contribution in [0.2, 0.25) is 0 Å². The molecule has 0 saturated heterocycles. The SMILES string of the molecule is CCOc1c(I)cc(/C=N/NC(=O)C(NC(=O)c2ccc3c(c2)OCO3)C(C)C)cc1OC. The van der Waals surface area contributed by atoms with Gasteiger partial charge in [-0.05, 0) is 71.3 Å². The van der Waals surface area contributed by atoms with Gasteiger partial charge in [0.15, 0.2) is 23.0 Å². The number of fused-ring (bicyclic) bond motifs is 1. The van der Waals surface area contributed by atoms with Crippen LogP contribution in [0.25, 0.3) is 0 Å². The van der Waals surface area contributed by atoms with E-state index in [1.807, 2.05) is 26.8 Å². The summed E-state index contributed by atoms with van der Waals surface area (Å²) in [5.74, 6) is 1.34. The van der Waals surface area contributed by atoms with E-state index >= 15 is 0 Å². The van der Waals surface area contributed by atoms with Gasteiger partial charge in [-0.3, -0.25) is 9.59 Å². The Morgan fingerprint density at radius 2 is 1.97 bits per heavy atom. The summed E-state index contributed by atoms with van der Waals surface area (Å²) in [5.41, 5.74) is 3.60. The molecule has 1 aliphatic heterocycles. The van der Waals surface area contributed by atoms with Gasteiger partial charge in [0.2, 0.25) is 6.79 Å². The van der Waals surface area contributed by atoms with E-state index in [1.165, 1.54) is 6.21 Å². The van der Waals surface area contributed by atoms with Crippen molar-refractivity contribution in [1.29, 1.82) is 0 Å². The van der Waals surface area contributed by atoms with Gasteiger partial charge < -0.3 is 24.3 Å². The Balaban J connectivity index is 1.66. The van der Waals surface area contributed by atoms with E-state index in [9.17, 15) is 9.59 Å². The normalized spacial score (nSPS) is 13.2. The minimum absolute atomic E-state index is 0.120. The molecule has 1 heterocycles. The number of benzene rings is 2. The molecule has 1 aliphatic rings. The van der Waals surface area contributed by atoms with Crippen LogP contribution >= 0.6 is 22.6 Å². The molecule has 2 aromatic rings. The topological polar surface area (TPSA) is 107 Å². The molecule has 1 unspecified atom stereocenters. The van der Waals surface area contributed by atoms with Crippen LogP contribution in [-0.4, -0.2) is 44.6 Å². The van der Waals surface area contributed by atoms with Crippen molar-refractivity contribution in [3.8, 4) is 23.0 Å². The van der Waals surface area contributed by atoms with Gasteiger partial charge >= 0.3 is 0 Å². The van der Waals surface area contributed by atoms with Crippen molar-refractivity contribution < 1.29 is 28.5 Å². The van der Waals surface area contributed by atoms with E-state index < -0.39 is 17.9 Å². The highest BCUT2D eigenvalue weighted by molar-refractivity contribution is 14.1. The van der Waals surface area contributed by atoms with Crippen molar-refractivity contribution in [2.75, 3.05) is 20.5 Å². The second-order valence-electron chi connectivity index (χ2n) is 7.46. The smallest absolute Gasteiger partial charge is 0.262 e. The first-order valence-electron chi connectivity index (χ1n) is 10.4. The molecule has 2 N–H and O–H groups in total. The second-order valence-corrected chi connectivity index (χ2v) is 8.63. The zero-order valence-corrected chi connectivity index (χ0v) is 21.0. The molecule has 0 radical (unpaired) electrons. The Hall–Kier alpha value is -3.02. The largest absolute Gasteiger partial charge is 0.493 e. The van der Waals surface area contributed by atoms with E-state index in [-0.39, 0.29) is 12.7 Å². The number of nitrogens with one attached hydrogen (secondary N) is 2. The third kappa shape index (κ3) is 6.06. The molecule has 0 aliphatic carbocycles. The van der Waals surface area contributed by atoms with Gasteiger partial charge in [0, 0.05) is 5.56 Å². The summed E-state index contributed by atoms with van der Waals surface area (Å²) >= 11 is 2.15. The summed E-state index contributed by atoms with van der Waals surface area (Å²) in [6.07, 6.45) is 1.51. The van der Waals surface area contributed by atoms with Crippen molar-refractivity contribution in [3.05, 3.63) is 45.0 Å². The Bertz CT molecular complexity index is 1060. The average molecular weight is 567 g/mol. The molecule has 0 spiro atoms. The predicted molar refractivity (Wildman–Crippen MR) is 131 cm³/mol. The number of hydrazone groups is 1. The van der Waals surface area contributed by atoms with Crippen LogP contribution in [0.15, 0.2) is 35.4 Å². The van der Waals surface area contributed by atoms with E-state index in [0.717, 1.165) is 9.13 Å². The Morgan fingerprint density at radius 1 is 1.21 bits per heavy atom. The Labute approximate surface area is 206 Å². The predicted octanol–water partition coefficient (Wildman–Crippen LogP) is 3.33. The number of methoxy groups -OCH3 is 1. The highest BCUT2D eigenvalue weighted by Gasteiger charge is 2.25. The molecule has 176 valence electrons. The molecular weight excluding hydrogens is 541 g/mol. The van der Waals surface area contributed by atoms with Crippen molar-refractivity contribution in [1.82, 2.24) is 10.7 Å². The van der Waals surface area contributed by atoms with Gasteiger partial charge in [-0.25, -0.2) is 5.43 Å². The molecule has 2 aromatic carbocycles. The summed E-state index contributed by atoms with van der Waals surface area (Å²) in [6.45, 7) is 6.22. The fourth-order valence-electron chi connectivity index (χ4n) is 3.14. The quantitative estimate of drug-likeness (QED) is 0.274. The van der Waals surface area contributed by atoms with Crippen molar-refractivity contribution in [3.63, 3.8) is 0 Å². The minimum Gasteiger partial charge on any atom is -0.493 e. The third-order valence-electron chi connectivity index (χ3n) is 4.80. The number of halogens is 1. The summed E-state index contributed by atoms with van der Waals surface area (Å²) in [5, 5.41) is 6.81. The van der Waals surface area contributed by atoms with Crippen molar-refractivity contribution in [2.45, 2.75) is 26.8 Å². The van der Waals surface area contributed by atoms with Crippen LogP contribution in [0.1, 0.15) is 36.7 Å². The number of carbonyl (C=O) groups is 2. The van der Waals surface area contributed by atoms with Gasteiger partial charge in [-0.2, -0.15) is 5.10 Å². The molecule has 33 heavy (non-hydrogen) atoms. The molecule has 3 rings (SSSR count). The van der Waals surface area contributed by atoms with Gasteiger partial charge in [0.1, 0.15) is 6.04 Å². The van der Waals surface area contributed by atoms with Crippen LogP contribution in [0.4, 0.5) is 0 Å². The molecule has 10 heteroatoms. The van der Waals surface area contributed by atoms with Crippen LogP contribution in [0.5, 0.6) is 23.0 Å². The Morgan fingerprint density at radius 3 is 2.67 bits per heavy atom. The van der Waals surface area contributed by atoms with Crippen LogP contribution in [-0.2, 0) is 4.79 Å². The summed E-state index contributed by atoms with van der Waals surface area (Å²) < 4.78 is 22.4. The first-order valence-corrected chi connectivity index (χ1v) is 11.5. The molecular formula is C23H26IN3O6. The highest BCUT2D eigenvalue weighted by atomic mass is 127. The maximum absolute atomic E-state index is 12.7.